The van der Waals surface area contributed by atoms with Crippen LogP contribution in [0.1, 0.15) is 18.9 Å². The topological polar surface area (TPSA) is 74.7 Å². The van der Waals surface area contributed by atoms with Crippen molar-refractivity contribution in [2.75, 3.05) is 11.9 Å². The van der Waals surface area contributed by atoms with Crippen molar-refractivity contribution in [2.45, 2.75) is 25.6 Å². The third-order valence-electron chi connectivity index (χ3n) is 2.78. The lowest BCUT2D eigenvalue weighted by Gasteiger charge is -2.26. The molecule has 0 amide bonds. The Morgan fingerprint density at radius 2 is 2.20 bits per heavy atom. The van der Waals surface area contributed by atoms with E-state index < -0.39 is 11.7 Å². The molecule has 0 spiro atoms. The van der Waals surface area contributed by atoms with Crippen LogP contribution in [-0.4, -0.2) is 29.1 Å². The molecule has 1 aromatic rings. The molecule has 1 rings (SSSR count). The maximum atomic E-state index is 12.5. The van der Waals surface area contributed by atoms with Crippen LogP contribution >= 0.6 is 11.6 Å². The minimum Gasteiger partial charge on any atom is -0.409 e. The van der Waals surface area contributed by atoms with Crippen molar-refractivity contribution in [2.24, 2.45) is 10.9 Å². The van der Waals surface area contributed by atoms with Crippen LogP contribution < -0.4 is 10.6 Å². The van der Waals surface area contributed by atoms with Crippen LogP contribution in [0.5, 0.6) is 0 Å². The molecule has 1 heterocycles. The fraction of sp³-hybridized carbons (Fsp3) is 0.455. The molecule has 0 aliphatic carbocycles. The highest BCUT2D eigenvalue weighted by atomic mass is 35.5. The Morgan fingerprint density at radius 1 is 1.60 bits per heavy atom. The molecule has 0 radical (unpaired) electrons. The van der Waals surface area contributed by atoms with Gasteiger partial charge in [0.05, 0.1) is 10.6 Å². The molecule has 0 saturated heterocycles. The minimum atomic E-state index is -4.49. The van der Waals surface area contributed by atoms with Crippen LogP contribution in [0.4, 0.5) is 19.0 Å². The highest BCUT2D eigenvalue weighted by Gasteiger charge is 2.32. The van der Waals surface area contributed by atoms with E-state index >= 15 is 0 Å². The van der Waals surface area contributed by atoms with Gasteiger partial charge in [-0.2, -0.15) is 13.2 Å². The van der Waals surface area contributed by atoms with E-state index in [0.717, 1.165) is 6.07 Å². The first-order chi connectivity index (χ1) is 9.16. The average molecular weight is 311 g/mol. The normalized spacial score (nSPS) is 14.2. The van der Waals surface area contributed by atoms with Crippen LogP contribution in [0.2, 0.25) is 5.02 Å². The fourth-order valence-corrected chi connectivity index (χ4v) is 1.83. The van der Waals surface area contributed by atoms with Gasteiger partial charge in [0.1, 0.15) is 11.7 Å². The molecule has 1 atom stereocenters. The molecular weight excluding hydrogens is 297 g/mol. The van der Waals surface area contributed by atoms with E-state index in [9.17, 15) is 13.2 Å². The molecular formula is C11H14ClF3N4O. The fourth-order valence-electron chi connectivity index (χ4n) is 1.53. The summed E-state index contributed by atoms with van der Waals surface area (Å²) < 4.78 is 37.5. The Labute approximate surface area is 118 Å². The lowest BCUT2D eigenvalue weighted by molar-refractivity contribution is -0.137. The summed E-state index contributed by atoms with van der Waals surface area (Å²) in [6.45, 7) is 1.74. The van der Waals surface area contributed by atoms with Gasteiger partial charge in [0.25, 0.3) is 0 Å². The number of oxime groups is 1. The van der Waals surface area contributed by atoms with E-state index in [4.69, 9.17) is 22.5 Å². The van der Waals surface area contributed by atoms with Gasteiger partial charge in [-0.25, -0.2) is 4.98 Å². The first kappa shape index (κ1) is 16.4. The summed E-state index contributed by atoms with van der Waals surface area (Å²) in [7, 11) is 1.61. The van der Waals surface area contributed by atoms with Gasteiger partial charge < -0.3 is 15.8 Å². The molecule has 0 bridgehead atoms. The third kappa shape index (κ3) is 3.89. The van der Waals surface area contributed by atoms with Gasteiger partial charge >= 0.3 is 6.18 Å². The molecule has 3 N–H and O–H groups in total. The average Bonchev–Trinajstić information content (AvgIpc) is 2.36. The zero-order chi connectivity index (χ0) is 15.5. The monoisotopic (exact) mass is 310 g/mol. The molecule has 0 fully saturated rings. The molecule has 112 valence electrons. The highest BCUT2D eigenvalue weighted by Crippen LogP contribution is 2.33. The van der Waals surface area contributed by atoms with Gasteiger partial charge in [-0.05, 0) is 13.0 Å². The largest absolute Gasteiger partial charge is 0.417 e. The van der Waals surface area contributed by atoms with E-state index in [1.54, 1.807) is 18.9 Å². The second kappa shape index (κ2) is 6.17. The Kier molecular flexibility index (Phi) is 5.04. The second-order valence-electron chi connectivity index (χ2n) is 4.28. The summed E-state index contributed by atoms with van der Waals surface area (Å²) in [5, 5.41) is 11.2. The van der Waals surface area contributed by atoms with Gasteiger partial charge in [-0.3, -0.25) is 0 Å². The Hall–Kier alpha value is -1.70. The standard InChI is InChI=1S/C11H14ClF3N4O/c1-6(3-9(16)18-20)19(2)10-8(12)4-7(5-17-10)11(13,14)15/h4-6,20H,3H2,1-2H3,(H2,16,18). The first-order valence-electron chi connectivity index (χ1n) is 5.58. The number of hydrogen-bond donors (Lipinski definition) is 2. The van der Waals surface area contributed by atoms with Crippen molar-refractivity contribution in [3.8, 4) is 0 Å². The first-order valence-corrected chi connectivity index (χ1v) is 5.96. The number of alkyl halides is 3. The Morgan fingerprint density at radius 3 is 2.65 bits per heavy atom. The predicted octanol–water partition coefficient (Wildman–Crippen LogP) is 2.72. The molecule has 5 nitrogen and oxygen atoms in total. The maximum absolute atomic E-state index is 12.5. The molecule has 0 aliphatic heterocycles. The van der Waals surface area contributed by atoms with Crippen molar-refractivity contribution in [1.82, 2.24) is 4.98 Å². The SMILES string of the molecule is CC(CC(N)=NO)N(C)c1ncc(C(F)(F)F)cc1Cl. The summed E-state index contributed by atoms with van der Waals surface area (Å²) in [6.07, 6.45) is -3.56. The van der Waals surface area contributed by atoms with E-state index in [1.165, 1.54) is 0 Å². The number of hydrogen-bond acceptors (Lipinski definition) is 4. The zero-order valence-electron chi connectivity index (χ0n) is 10.8. The predicted molar refractivity (Wildman–Crippen MR) is 70.1 cm³/mol. The molecule has 9 heteroatoms. The van der Waals surface area contributed by atoms with Crippen LogP contribution in [-0.2, 0) is 6.18 Å². The molecule has 1 unspecified atom stereocenters. The molecule has 1 aromatic heterocycles. The number of rotatable bonds is 4. The van der Waals surface area contributed by atoms with Gasteiger partial charge in [0, 0.05) is 25.7 Å². The smallest absolute Gasteiger partial charge is 0.409 e. The summed E-state index contributed by atoms with van der Waals surface area (Å²) >= 11 is 5.83. The Balaban J connectivity index is 2.97. The second-order valence-corrected chi connectivity index (χ2v) is 4.69. The number of halogens is 4. The van der Waals surface area contributed by atoms with E-state index in [-0.39, 0.29) is 29.1 Å². The number of amidine groups is 1. The van der Waals surface area contributed by atoms with Crippen LogP contribution in [0.15, 0.2) is 17.4 Å². The summed E-state index contributed by atoms with van der Waals surface area (Å²) in [6, 6.07) is 0.559. The van der Waals surface area contributed by atoms with E-state index in [0.29, 0.717) is 6.20 Å². The van der Waals surface area contributed by atoms with Crippen LogP contribution in [0, 0.1) is 0 Å². The summed E-state index contributed by atoms with van der Waals surface area (Å²) in [4.78, 5) is 5.29. The van der Waals surface area contributed by atoms with Gasteiger partial charge in [-0.15, -0.1) is 0 Å². The molecule has 20 heavy (non-hydrogen) atoms. The number of nitrogens with two attached hydrogens (primary N) is 1. The van der Waals surface area contributed by atoms with Crippen LogP contribution in [0.3, 0.4) is 0 Å². The lowest BCUT2D eigenvalue weighted by atomic mass is 10.2. The lowest BCUT2D eigenvalue weighted by Crippen LogP contribution is -2.34. The maximum Gasteiger partial charge on any atom is 0.417 e. The number of aromatic nitrogens is 1. The summed E-state index contributed by atoms with van der Waals surface area (Å²) in [5.41, 5.74) is 4.47. The third-order valence-corrected chi connectivity index (χ3v) is 3.06. The van der Waals surface area contributed by atoms with Crippen LogP contribution in [0.25, 0.3) is 0 Å². The molecule has 0 aromatic carbocycles. The number of pyridine rings is 1. The van der Waals surface area contributed by atoms with Crippen molar-refractivity contribution >= 4 is 23.3 Å². The number of nitrogens with zero attached hydrogens (tertiary/aromatic N) is 3. The van der Waals surface area contributed by atoms with Crippen molar-refractivity contribution < 1.29 is 18.4 Å². The van der Waals surface area contributed by atoms with Crippen molar-refractivity contribution in [1.29, 1.82) is 0 Å². The highest BCUT2D eigenvalue weighted by molar-refractivity contribution is 6.33. The molecule has 0 saturated carbocycles. The van der Waals surface area contributed by atoms with Gasteiger partial charge in [-0.1, -0.05) is 16.8 Å². The summed E-state index contributed by atoms with van der Waals surface area (Å²) in [5.74, 6) is 0.199. The zero-order valence-corrected chi connectivity index (χ0v) is 11.6. The van der Waals surface area contributed by atoms with Crippen molar-refractivity contribution in [3.63, 3.8) is 0 Å². The van der Waals surface area contributed by atoms with Crippen molar-refractivity contribution in [3.05, 3.63) is 22.8 Å². The quantitative estimate of drug-likeness (QED) is 0.388. The number of anilines is 1. The van der Waals surface area contributed by atoms with E-state index in [1.807, 2.05) is 0 Å². The Bertz CT molecular complexity index is 507. The van der Waals surface area contributed by atoms with Gasteiger partial charge in [0.2, 0.25) is 0 Å². The van der Waals surface area contributed by atoms with E-state index in [2.05, 4.69) is 10.1 Å². The molecule has 0 aliphatic rings. The van der Waals surface area contributed by atoms with Gasteiger partial charge in [0.15, 0.2) is 0 Å². The minimum absolute atomic E-state index is 0.00684.